The lowest BCUT2D eigenvalue weighted by atomic mass is 10.1. The maximum absolute atomic E-state index is 12.6. The van der Waals surface area contributed by atoms with Crippen molar-refractivity contribution in [3.8, 4) is 11.5 Å². The van der Waals surface area contributed by atoms with Crippen LogP contribution in [0.4, 0.5) is 0 Å². The number of halogens is 1. The summed E-state index contributed by atoms with van der Waals surface area (Å²) in [6, 6.07) is 13.3. The number of hydrogen-bond acceptors (Lipinski definition) is 6. The van der Waals surface area contributed by atoms with Crippen LogP contribution in [0.3, 0.4) is 0 Å². The number of hydrazone groups is 1. The zero-order chi connectivity index (χ0) is 22.7. The second kappa shape index (κ2) is 9.70. The van der Waals surface area contributed by atoms with Crippen LogP contribution in [0.1, 0.15) is 24.5 Å². The number of benzene rings is 2. The molecular weight excluding hydrogens is 492 g/mol. The SMILES string of the molecule is CCC1=NN2C(=N)C(=Cc3cc(Br)ccc3OCCOc3ccc(C)cc3)C(=O)N=C2S1. The van der Waals surface area contributed by atoms with Crippen LogP contribution in [0.2, 0.25) is 0 Å². The Kier molecular flexibility index (Phi) is 6.76. The van der Waals surface area contributed by atoms with Crippen LogP contribution in [0.15, 0.2) is 62.6 Å². The van der Waals surface area contributed by atoms with Gasteiger partial charge in [-0.15, -0.1) is 0 Å². The van der Waals surface area contributed by atoms with Crippen LogP contribution in [-0.4, -0.2) is 40.2 Å². The van der Waals surface area contributed by atoms with Crippen molar-refractivity contribution in [2.75, 3.05) is 13.2 Å². The van der Waals surface area contributed by atoms with Crippen LogP contribution in [0, 0.1) is 12.3 Å². The van der Waals surface area contributed by atoms with Gasteiger partial charge in [0, 0.05) is 10.0 Å². The van der Waals surface area contributed by atoms with Gasteiger partial charge in [0.05, 0.1) is 5.57 Å². The summed E-state index contributed by atoms with van der Waals surface area (Å²) in [6.07, 6.45) is 2.34. The van der Waals surface area contributed by atoms with Crippen molar-refractivity contribution in [3.05, 3.63) is 63.6 Å². The lowest BCUT2D eigenvalue weighted by molar-refractivity contribution is -0.114. The Morgan fingerprint density at radius 2 is 1.91 bits per heavy atom. The lowest BCUT2D eigenvalue weighted by Gasteiger charge is -2.20. The van der Waals surface area contributed by atoms with Gasteiger partial charge in [0.25, 0.3) is 5.91 Å². The quantitative estimate of drug-likeness (QED) is 0.404. The first kappa shape index (κ1) is 22.3. The Hall–Kier alpha value is -2.91. The molecule has 0 fully saturated rings. The average molecular weight is 513 g/mol. The number of amides is 1. The van der Waals surface area contributed by atoms with Gasteiger partial charge in [0.15, 0.2) is 5.84 Å². The van der Waals surface area contributed by atoms with E-state index in [1.165, 1.54) is 22.3 Å². The van der Waals surface area contributed by atoms with Gasteiger partial charge in [0.1, 0.15) is 29.8 Å². The van der Waals surface area contributed by atoms with E-state index in [1.807, 2.05) is 56.3 Å². The molecule has 0 aliphatic carbocycles. The molecule has 2 aliphatic rings. The number of nitrogens with zero attached hydrogens (tertiary/aromatic N) is 3. The second-order valence-electron chi connectivity index (χ2n) is 7.06. The highest BCUT2D eigenvalue weighted by atomic mass is 79.9. The number of hydrogen-bond donors (Lipinski definition) is 1. The minimum Gasteiger partial charge on any atom is -0.490 e. The van der Waals surface area contributed by atoms with Crippen molar-refractivity contribution in [3.63, 3.8) is 0 Å². The van der Waals surface area contributed by atoms with Gasteiger partial charge in [-0.05, 0) is 61.5 Å². The van der Waals surface area contributed by atoms with E-state index in [-0.39, 0.29) is 11.4 Å². The van der Waals surface area contributed by atoms with Crippen LogP contribution in [0.25, 0.3) is 6.08 Å². The molecule has 0 unspecified atom stereocenters. The molecule has 0 saturated heterocycles. The first-order valence-electron chi connectivity index (χ1n) is 10.1. The summed E-state index contributed by atoms with van der Waals surface area (Å²) in [6.45, 7) is 4.70. The second-order valence-corrected chi connectivity index (χ2v) is 9.02. The summed E-state index contributed by atoms with van der Waals surface area (Å²) in [4.78, 5) is 16.7. The summed E-state index contributed by atoms with van der Waals surface area (Å²) in [7, 11) is 0. The van der Waals surface area contributed by atoms with E-state index in [9.17, 15) is 4.79 Å². The number of aryl methyl sites for hydroxylation is 1. The normalized spacial score (nSPS) is 16.7. The molecule has 7 nitrogen and oxygen atoms in total. The predicted octanol–water partition coefficient (Wildman–Crippen LogP) is 5.24. The summed E-state index contributed by atoms with van der Waals surface area (Å²) in [5.41, 5.74) is 1.99. The molecular formula is C23H21BrN4O3S. The summed E-state index contributed by atoms with van der Waals surface area (Å²) in [5, 5.41) is 15.5. The highest BCUT2D eigenvalue weighted by molar-refractivity contribution is 9.10. The van der Waals surface area contributed by atoms with Crippen molar-refractivity contribution < 1.29 is 14.3 Å². The van der Waals surface area contributed by atoms with Crippen molar-refractivity contribution in [1.82, 2.24) is 5.01 Å². The van der Waals surface area contributed by atoms with Gasteiger partial charge in [-0.3, -0.25) is 10.2 Å². The molecule has 0 saturated carbocycles. The number of rotatable bonds is 7. The lowest BCUT2D eigenvalue weighted by Crippen LogP contribution is -2.35. The molecule has 0 atom stereocenters. The van der Waals surface area contributed by atoms with Crippen molar-refractivity contribution in [2.24, 2.45) is 10.1 Å². The summed E-state index contributed by atoms with van der Waals surface area (Å²) in [5.74, 6) is 0.902. The Bertz CT molecular complexity index is 1160. The minimum atomic E-state index is -0.463. The monoisotopic (exact) mass is 512 g/mol. The molecule has 2 aromatic carbocycles. The highest BCUT2D eigenvalue weighted by Crippen LogP contribution is 2.31. The van der Waals surface area contributed by atoms with E-state index in [0.29, 0.717) is 29.7 Å². The highest BCUT2D eigenvalue weighted by Gasteiger charge is 2.35. The van der Waals surface area contributed by atoms with E-state index in [0.717, 1.165) is 21.7 Å². The number of fused-ring (bicyclic) bond motifs is 1. The van der Waals surface area contributed by atoms with Gasteiger partial charge < -0.3 is 9.47 Å². The fourth-order valence-corrected chi connectivity index (χ4v) is 4.24. The zero-order valence-electron chi connectivity index (χ0n) is 17.6. The molecule has 9 heteroatoms. The van der Waals surface area contributed by atoms with Gasteiger partial charge in [0.2, 0.25) is 5.17 Å². The first-order chi connectivity index (χ1) is 15.4. The number of thioether (sulfide) groups is 1. The average Bonchev–Trinajstić information content (AvgIpc) is 3.20. The molecule has 0 spiro atoms. The third kappa shape index (κ3) is 4.94. The van der Waals surface area contributed by atoms with E-state index >= 15 is 0 Å². The molecule has 1 amide bonds. The Balaban J connectivity index is 1.50. The number of ether oxygens (including phenoxy) is 2. The molecule has 4 rings (SSSR count). The molecule has 1 N–H and O–H groups in total. The number of amidine groups is 2. The Morgan fingerprint density at radius 1 is 1.16 bits per heavy atom. The molecule has 0 aromatic heterocycles. The maximum atomic E-state index is 12.6. The van der Waals surface area contributed by atoms with E-state index in [2.05, 4.69) is 26.0 Å². The number of carbonyl (C=O) groups excluding carboxylic acids is 1. The van der Waals surface area contributed by atoms with E-state index in [1.54, 1.807) is 6.08 Å². The molecule has 32 heavy (non-hydrogen) atoms. The third-order valence-electron chi connectivity index (χ3n) is 4.70. The fraction of sp³-hybridized carbons (Fsp3) is 0.217. The largest absolute Gasteiger partial charge is 0.490 e. The molecule has 164 valence electrons. The number of carbonyl (C=O) groups is 1. The molecule has 2 heterocycles. The zero-order valence-corrected chi connectivity index (χ0v) is 20.0. The molecule has 0 bridgehead atoms. The van der Waals surface area contributed by atoms with Gasteiger partial charge >= 0.3 is 0 Å². The Labute approximate surface area is 198 Å². The van der Waals surface area contributed by atoms with Crippen molar-refractivity contribution in [2.45, 2.75) is 20.3 Å². The standard InChI is InChI=1S/C23H21BrN4O3S/c1-3-20-27-28-21(25)18(22(29)26-23(28)32-20)13-15-12-16(24)6-9-19(15)31-11-10-30-17-7-4-14(2)5-8-17/h4-9,12-13,25H,3,10-11H2,1-2H3. The molecule has 2 aliphatic heterocycles. The maximum Gasteiger partial charge on any atom is 0.283 e. The number of nitrogens with one attached hydrogen (secondary N) is 1. The fourth-order valence-electron chi connectivity index (χ4n) is 3.04. The van der Waals surface area contributed by atoms with Gasteiger partial charge in [-0.25, -0.2) is 0 Å². The number of aliphatic imine (C=N–C) groups is 1. The van der Waals surface area contributed by atoms with E-state index in [4.69, 9.17) is 14.9 Å². The summed E-state index contributed by atoms with van der Waals surface area (Å²) >= 11 is 4.78. The van der Waals surface area contributed by atoms with Crippen molar-refractivity contribution >= 4 is 55.7 Å². The third-order valence-corrected chi connectivity index (χ3v) is 6.25. The first-order valence-corrected chi connectivity index (χ1v) is 11.7. The predicted molar refractivity (Wildman–Crippen MR) is 132 cm³/mol. The van der Waals surface area contributed by atoms with Gasteiger partial charge in [-0.2, -0.15) is 15.1 Å². The topological polar surface area (TPSA) is 87.3 Å². The van der Waals surface area contributed by atoms with Crippen molar-refractivity contribution in [1.29, 1.82) is 5.41 Å². The summed E-state index contributed by atoms with van der Waals surface area (Å²) < 4.78 is 12.5. The molecule has 0 radical (unpaired) electrons. The van der Waals surface area contributed by atoms with Crippen LogP contribution in [0.5, 0.6) is 11.5 Å². The minimum absolute atomic E-state index is 0.00424. The Morgan fingerprint density at radius 3 is 2.66 bits per heavy atom. The van der Waals surface area contributed by atoms with Crippen LogP contribution >= 0.6 is 27.7 Å². The van der Waals surface area contributed by atoms with Crippen LogP contribution < -0.4 is 9.47 Å². The molecule has 2 aromatic rings. The van der Waals surface area contributed by atoms with Gasteiger partial charge in [-0.1, -0.05) is 40.5 Å². The smallest absolute Gasteiger partial charge is 0.283 e. The van der Waals surface area contributed by atoms with E-state index < -0.39 is 5.91 Å². The van der Waals surface area contributed by atoms with Crippen LogP contribution in [-0.2, 0) is 4.79 Å².